The van der Waals surface area contributed by atoms with Crippen LogP contribution in [0.1, 0.15) is 31.2 Å². The second-order valence-electron chi connectivity index (χ2n) is 7.44. The zero-order valence-electron chi connectivity index (χ0n) is 18.6. The van der Waals surface area contributed by atoms with Crippen LogP contribution in [0.3, 0.4) is 0 Å². The summed E-state index contributed by atoms with van der Waals surface area (Å²) in [6.07, 6.45) is 0.641. The lowest BCUT2D eigenvalue weighted by Crippen LogP contribution is -2.42. The number of amides is 3. The van der Waals surface area contributed by atoms with Crippen LogP contribution in [0.15, 0.2) is 60.0 Å². The first kappa shape index (κ1) is 24.0. The van der Waals surface area contributed by atoms with Crippen LogP contribution in [0.5, 0.6) is 11.5 Å². The minimum atomic E-state index is -0.861. The number of rotatable bonds is 8. The van der Waals surface area contributed by atoms with E-state index in [1.165, 1.54) is 12.1 Å². The van der Waals surface area contributed by atoms with E-state index in [1.54, 1.807) is 41.7 Å². The van der Waals surface area contributed by atoms with Gasteiger partial charge >= 0.3 is 12.0 Å². The van der Waals surface area contributed by atoms with Crippen molar-refractivity contribution in [2.45, 2.75) is 6.42 Å². The average molecular weight is 495 g/mol. The molecule has 0 bridgehead atoms. The van der Waals surface area contributed by atoms with Gasteiger partial charge in [0.05, 0.1) is 5.56 Å². The Kier molecular flexibility index (Phi) is 7.74. The fourth-order valence-electron chi connectivity index (χ4n) is 3.37. The van der Waals surface area contributed by atoms with Gasteiger partial charge in [-0.2, -0.15) is 0 Å². The van der Waals surface area contributed by atoms with Gasteiger partial charge in [-0.15, -0.1) is 11.3 Å². The molecule has 0 spiro atoms. The zero-order valence-corrected chi connectivity index (χ0v) is 19.4. The van der Waals surface area contributed by atoms with Gasteiger partial charge in [0.1, 0.15) is 13.2 Å². The van der Waals surface area contributed by atoms with Gasteiger partial charge in [0.25, 0.3) is 5.91 Å². The molecule has 0 saturated carbocycles. The standard InChI is InChI=1S/C25H22N2O7S/c28-22(27-25(31)26-10-9-17-4-3-13-35-17)15-34-24(30)19-6-2-1-5-18(19)23(29)16-7-8-20-21(14-16)33-12-11-32-20/h1-8,13-14H,9-12,15H2,(H2,26,27,28,31). The SMILES string of the molecule is O=C(COC(=O)c1ccccc1C(=O)c1ccc2c(c1)OCCO2)NC(=O)NCCc1cccs1. The summed E-state index contributed by atoms with van der Waals surface area (Å²) >= 11 is 1.57. The van der Waals surface area contributed by atoms with Crippen molar-refractivity contribution in [2.75, 3.05) is 26.4 Å². The quantitative estimate of drug-likeness (QED) is 0.365. The zero-order chi connectivity index (χ0) is 24.6. The number of urea groups is 1. The molecule has 0 aliphatic carbocycles. The van der Waals surface area contributed by atoms with Crippen molar-refractivity contribution >= 4 is 35.0 Å². The van der Waals surface area contributed by atoms with Crippen molar-refractivity contribution < 1.29 is 33.4 Å². The van der Waals surface area contributed by atoms with E-state index in [2.05, 4.69) is 10.6 Å². The van der Waals surface area contributed by atoms with Gasteiger partial charge in [-0.05, 0) is 42.1 Å². The Morgan fingerprint density at radius 1 is 0.914 bits per heavy atom. The van der Waals surface area contributed by atoms with Crippen LogP contribution < -0.4 is 20.1 Å². The molecular weight excluding hydrogens is 472 g/mol. The Morgan fingerprint density at radius 2 is 1.69 bits per heavy atom. The maximum atomic E-state index is 13.1. The number of nitrogens with one attached hydrogen (secondary N) is 2. The highest BCUT2D eigenvalue weighted by molar-refractivity contribution is 7.09. The summed E-state index contributed by atoms with van der Waals surface area (Å²) in [7, 11) is 0. The van der Waals surface area contributed by atoms with Crippen LogP contribution in [-0.2, 0) is 16.0 Å². The number of esters is 1. The van der Waals surface area contributed by atoms with Crippen LogP contribution in [0.2, 0.25) is 0 Å². The van der Waals surface area contributed by atoms with Crippen LogP contribution in [0, 0.1) is 0 Å². The molecule has 2 aromatic carbocycles. The number of imide groups is 1. The number of ether oxygens (including phenoxy) is 3. The smallest absolute Gasteiger partial charge is 0.339 e. The number of ketones is 1. The molecule has 35 heavy (non-hydrogen) atoms. The van der Waals surface area contributed by atoms with Crippen LogP contribution in [0.25, 0.3) is 0 Å². The van der Waals surface area contributed by atoms with Gasteiger partial charge in [0.2, 0.25) is 0 Å². The Balaban J connectivity index is 1.32. The van der Waals surface area contributed by atoms with E-state index < -0.39 is 30.3 Å². The van der Waals surface area contributed by atoms with Crippen molar-refractivity contribution in [3.63, 3.8) is 0 Å². The number of carbonyl (C=O) groups excluding carboxylic acids is 4. The van der Waals surface area contributed by atoms with Crippen LogP contribution >= 0.6 is 11.3 Å². The fourth-order valence-corrected chi connectivity index (χ4v) is 4.08. The second kappa shape index (κ2) is 11.3. The third kappa shape index (κ3) is 6.24. The lowest BCUT2D eigenvalue weighted by molar-refractivity contribution is -0.123. The predicted molar refractivity (Wildman–Crippen MR) is 127 cm³/mol. The lowest BCUT2D eigenvalue weighted by Gasteiger charge is -2.18. The first-order chi connectivity index (χ1) is 17.0. The van der Waals surface area contributed by atoms with E-state index in [0.717, 1.165) is 4.88 Å². The first-order valence-electron chi connectivity index (χ1n) is 10.8. The topological polar surface area (TPSA) is 120 Å². The monoisotopic (exact) mass is 494 g/mol. The molecule has 2 heterocycles. The van der Waals surface area contributed by atoms with Gasteiger partial charge in [-0.3, -0.25) is 14.9 Å². The van der Waals surface area contributed by atoms with Gasteiger partial charge in [-0.25, -0.2) is 9.59 Å². The van der Waals surface area contributed by atoms with Crippen molar-refractivity contribution in [3.05, 3.63) is 81.5 Å². The van der Waals surface area contributed by atoms with E-state index in [1.807, 2.05) is 17.5 Å². The van der Waals surface area contributed by atoms with Gasteiger partial charge in [0.15, 0.2) is 23.9 Å². The van der Waals surface area contributed by atoms with E-state index >= 15 is 0 Å². The predicted octanol–water partition coefficient (Wildman–Crippen LogP) is 2.98. The molecule has 3 aromatic rings. The maximum absolute atomic E-state index is 13.1. The number of benzene rings is 2. The molecule has 1 aliphatic heterocycles. The molecule has 0 unspecified atom stereocenters. The Morgan fingerprint density at radius 3 is 2.46 bits per heavy atom. The van der Waals surface area contributed by atoms with Crippen molar-refractivity contribution in [1.82, 2.24) is 10.6 Å². The molecule has 9 nitrogen and oxygen atoms in total. The summed E-state index contributed by atoms with van der Waals surface area (Å²) in [4.78, 5) is 50.7. The highest BCUT2D eigenvalue weighted by Crippen LogP contribution is 2.31. The van der Waals surface area contributed by atoms with Crippen LogP contribution in [0.4, 0.5) is 4.79 Å². The molecule has 180 valence electrons. The minimum absolute atomic E-state index is 0.000545. The molecule has 4 rings (SSSR count). The van der Waals surface area contributed by atoms with Gasteiger partial charge < -0.3 is 19.5 Å². The molecular formula is C25H22N2O7S. The largest absolute Gasteiger partial charge is 0.486 e. The third-order valence-corrected chi connectivity index (χ3v) is 5.96. The van der Waals surface area contributed by atoms with E-state index in [-0.39, 0.29) is 11.1 Å². The summed E-state index contributed by atoms with van der Waals surface area (Å²) in [6.45, 7) is 0.486. The molecule has 0 fully saturated rings. The number of hydrogen-bond donors (Lipinski definition) is 2. The highest BCUT2D eigenvalue weighted by Gasteiger charge is 2.22. The van der Waals surface area contributed by atoms with E-state index in [0.29, 0.717) is 43.2 Å². The second-order valence-corrected chi connectivity index (χ2v) is 8.47. The van der Waals surface area contributed by atoms with E-state index in [9.17, 15) is 19.2 Å². The summed E-state index contributed by atoms with van der Waals surface area (Å²) in [5.41, 5.74) is 0.424. The third-order valence-electron chi connectivity index (χ3n) is 5.02. The molecule has 3 amide bonds. The van der Waals surface area contributed by atoms with E-state index in [4.69, 9.17) is 14.2 Å². The maximum Gasteiger partial charge on any atom is 0.339 e. The average Bonchev–Trinajstić information content (AvgIpc) is 3.40. The summed E-state index contributed by atoms with van der Waals surface area (Å²) in [5.74, 6) is -1.07. The first-order valence-corrected chi connectivity index (χ1v) is 11.7. The normalized spacial score (nSPS) is 11.9. The number of hydrogen-bond acceptors (Lipinski definition) is 8. The molecule has 1 aromatic heterocycles. The number of carbonyl (C=O) groups is 4. The molecule has 1 aliphatic rings. The number of fused-ring (bicyclic) bond motifs is 1. The van der Waals surface area contributed by atoms with Gasteiger partial charge in [-0.1, -0.05) is 24.3 Å². The fraction of sp³-hybridized carbons (Fsp3) is 0.200. The molecule has 2 N–H and O–H groups in total. The molecule has 0 saturated heterocycles. The van der Waals surface area contributed by atoms with Crippen molar-refractivity contribution in [1.29, 1.82) is 0 Å². The lowest BCUT2D eigenvalue weighted by atomic mass is 9.98. The molecule has 0 atom stereocenters. The minimum Gasteiger partial charge on any atom is -0.486 e. The highest BCUT2D eigenvalue weighted by atomic mass is 32.1. The number of thiophene rings is 1. The molecule has 10 heteroatoms. The summed E-state index contributed by atoms with van der Waals surface area (Å²) in [6, 6.07) is 14.1. The molecule has 0 radical (unpaired) electrons. The van der Waals surface area contributed by atoms with Crippen LogP contribution in [-0.4, -0.2) is 50.1 Å². The Labute approximate surface area is 205 Å². The van der Waals surface area contributed by atoms with Crippen molar-refractivity contribution in [2.24, 2.45) is 0 Å². The summed E-state index contributed by atoms with van der Waals surface area (Å²) < 4.78 is 16.0. The van der Waals surface area contributed by atoms with Crippen molar-refractivity contribution in [3.8, 4) is 11.5 Å². The van der Waals surface area contributed by atoms with Gasteiger partial charge in [0, 0.05) is 22.5 Å². The Hall–Kier alpha value is -4.18. The Bertz CT molecular complexity index is 1240. The summed E-state index contributed by atoms with van der Waals surface area (Å²) in [5, 5.41) is 6.61.